The molecule has 148 valence electrons. The Hall–Kier alpha value is -2.54. The van der Waals surface area contributed by atoms with E-state index in [1.54, 1.807) is 26.2 Å². The summed E-state index contributed by atoms with van der Waals surface area (Å²) in [5.41, 5.74) is 3.76. The number of carbonyl (C=O) groups is 1. The minimum Gasteiger partial charge on any atom is -0.385 e. The van der Waals surface area contributed by atoms with E-state index in [1.165, 1.54) is 0 Å². The molecule has 2 aliphatic carbocycles. The highest BCUT2D eigenvalue weighted by Gasteiger charge is 2.78. The number of methoxy groups -OCH3 is 1. The molecule has 7 heteroatoms. The number of fused-ring (bicyclic) bond motifs is 3. The van der Waals surface area contributed by atoms with E-state index in [-0.39, 0.29) is 0 Å². The molecule has 0 aliphatic heterocycles. The number of nitrogens with one attached hydrogen (secondary N) is 2. The Morgan fingerprint density at radius 3 is 2.79 bits per heavy atom. The summed E-state index contributed by atoms with van der Waals surface area (Å²) in [6.07, 6.45) is 1.49. The van der Waals surface area contributed by atoms with Crippen molar-refractivity contribution in [2.45, 2.75) is 32.6 Å². The molecule has 0 saturated heterocycles. The van der Waals surface area contributed by atoms with E-state index in [4.69, 9.17) is 0 Å². The molecule has 0 spiro atoms. The molecule has 28 heavy (non-hydrogen) atoms. The number of halogens is 2. The van der Waals surface area contributed by atoms with Crippen molar-refractivity contribution in [1.29, 1.82) is 0 Å². The third-order valence-electron chi connectivity index (χ3n) is 6.11. The lowest BCUT2D eigenvalue weighted by molar-refractivity contribution is 0.0631. The highest BCUT2D eigenvalue weighted by atomic mass is 19.3. The van der Waals surface area contributed by atoms with Crippen LogP contribution in [0.3, 0.4) is 0 Å². The van der Waals surface area contributed by atoms with E-state index < -0.39 is 17.3 Å². The van der Waals surface area contributed by atoms with E-state index in [2.05, 4.69) is 19.9 Å². The molecule has 2 heterocycles. The highest BCUT2D eigenvalue weighted by Crippen LogP contribution is 2.70. The number of ether oxygens (including phenoxy) is 1. The second-order valence-electron chi connectivity index (χ2n) is 7.73. The molecular formula is C21H23F2N3O2. The lowest BCUT2D eigenvalue weighted by atomic mass is 9.87. The van der Waals surface area contributed by atoms with Crippen LogP contribution in [0, 0.1) is 11.3 Å². The summed E-state index contributed by atoms with van der Waals surface area (Å²) in [4.78, 5) is 14.2. The number of rotatable bonds is 3. The Bertz CT molecular complexity index is 1040. The maximum absolute atomic E-state index is 14.0. The summed E-state index contributed by atoms with van der Waals surface area (Å²) in [5, 5.41) is 8.23. The smallest absolute Gasteiger partial charge is 0.258 e. The highest BCUT2D eigenvalue weighted by molar-refractivity contribution is 5.90. The second-order valence-corrected chi connectivity index (χ2v) is 7.73. The van der Waals surface area contributed by atoms with Gasteiger partial charge in [-0.15, -0.1) is 0 Å². The van der Waals surface area contributed by atoms with Gasteiger partial charge in [0.2, 0.25) is 0 Å². The third kappa shape index (κ3) is 2.68. The normalized spacial score (nSPS) is 24.1. The first-order valence-corrected chi connectivity index (χ1v) is 9.37. The molecule has 5 nitrogen and oxygen atoms in total. The van der Waals surface area contributed by atoms with Crippen molar-refractivity contribution in [3.05, 3.63) is 41.1 Å². The molecule has 2 aliphatic rings. The molecule has 1 aromatic carbocycles. The second kappa shape index (κ2) is 6.51. The van der Waals surface area contributed by atoms with Crippen molar-refractivity contribution in [3.8, 4) is 11.4 Å². The first kappa shape index (κ1) is 18.8. The number of alkyl halides is 2. The van der Waals surface area contributed by atoms with E-state index in [1.807, 2.05) is 19.1 Å². The maximum atomic E-state index is 14.0. The standard InChI is InChI=1S/C18H15F2N3O.C3H8O/c1-17-7-14-11(6-15(17)18(17,19)20)16(23-22-14)13-5-10-4-9(8-24)2-3-12(10)21-13;1-3-4-2/h2-5,8,15,21H,6-7H2,1H3,(H,22,23);3H2,1-2H3. The van der Waals surface area contributed by atoms with Crippen LogP contribution in [0.15, 0.2) is 24.3 Å². The summed E-state index contributed by atoms with van der Waals surface area (Å²) in [5.74, 6) is -3.19. The van der Waals surface area contributed by atoms with Gasteiger partial charge in [0.05, 0.1) is 5.69 Å². The topological polar surface area (TPSA) is 70.8 Å². The first-order valence-electron chi connectivity index (χ1n) is 9.37. The van der Waals surface area contributed by atoms with Gasteiger partial charge >= 0.3 is 0 Å². The lowest BCUT2D eigenvalue weighted by Crippen LogP contribution is -2.14. The Balaban J connectivity index is 0.000000442. The van der Waals surface area contributed by atoms with Crippen LogP contribution in [0.2, 0.25) is 0 Å². The van der Waals surface area contributed by atoms with Crippen LogP contribution in [0.4, 0.5) is 8.78 Å². The van der Waals surface area contributed by atoms with E-state index in [9.17, 15) is 13.6 Å². The quantitative estimate of drug-likeness (QED) is 0.655. The molecule has 2 unspecified atom stereocenters. The largest absolute Gasteiger partial charge is 0.385 e. The Kier molecular flexibility index (Phi) is 4.38. The van der Waals surface area contributed by atoms with E-state index in [0.717, 1.165) is 40.7 Å². The van der Waals surface area contributed by atoms with E-state index in [0.29, 0.717) is 24.1 Å². The van der Waals surface area contributed by atoms with E-state index >= 15 is 0 Å². The number of aromatic nitrogens is 3. The van der Waals surface area contributed by atoms with Crippen LogP contribution in [-0.2, 0) is 17.6 Å². The van der Waals surface area contributed by atoms with Crippen LogP contribution in [0.5, 0.6) is 0 Å². The van der Waals surface area contributed by atoms with Gasteiger partial charge in [-0.1, -0.05) is 6.92 Å². The number of aromatic amines is 2. The van der Waals surface area contributed by atoms with Crippen molar-refractivity contribution in [1.82, 2.24) is 15.2 Å². The number of hydrogen-bond donors (Lipinski definition) is 2. The number of carbonyl (C=O) groups excluding carboxylic acids is 1. The first-order chi connectivity index (χ1) is 13.4. The summed E-state index contributed by atoms with van der Waals surface area (Å²) >= 11 is 0. The summed E-state index contributed by atoms with van der Waals surface area (Å²) in [6, 6.07) is 7.30. The minimum atomic E-state index is -2.59. The SMILES string of the molecule is CC12Cc3[nH]nc(-c4cc5cc(C=O)ccc5[nH]4)c3CC1C2(F)F.CCOC. The summed E-state index contributed by atoms with van der Waals surface area (Å²) < 4.78 is 32.6. The molecule has 0 bridgehead atoms. The minimum absolute atomic E-state index is 0.336. The van der Waals surface area contributed by atoms with Gasteiger partial charge in [0, 0.05) is 59.2 Å². The molecule has 1 saturated carbocycles. The fourth-order valence-electron chi connectivity index (χ4n) is 4.18. The van der Waals surface area contributed by atoms with Gasteiger partial charge in [-0.3, -0.25) is 9.89 Å². The Labute approximate surface area is 161 Å². The zero-order chi connectivity index (χ0) is 20.1. The maximum Gasteiger partial charge on any atom is 0.258 e. The summed E-state index contributed by atoms with van der Waals surface area (Å²) in [6.45, 7) is 4.44. The van der Waals surface area contributed by atoms with Gasteiger partial charge in [-0.05, 0) is 37.6 Å². The molecule has 1 fully saturated rings. The van der Waals surface area contributed by atoms with Gasteiger partial charge in [0.15, 0.2) is 0 Å². The van der Waals surface area contributed by atoms with Gasteiger partial charge in [0.25, 0.3) is 5.92 Å². The van der Waals surface area contributed by atoms with Crippen molar-refractivity contribution < 1.29 is 18.3 Å². The van der Waals surface area contributed by atoms with Crippen LogP contribution in [0.1, 0.15) is 35.5 Å². The molecule has 2 atom stereocenters. The number of benzene rings is 1. The zero-order valence-corrected chi connectivity index (χ0v) is 16.1. The predicted octanol–water partition coefficient (Wildman–Crippen LogP) is 4.39. The molecule has 5 rings (SSSR count). The predicted molar refractivity (Wildman–Crippen MR) is 103 cm³/mol. The third-order valence-corrected chi connectivity index (χ3v) is 6.11. The van der Waals surface area contributed by atoms with Crippen molar-refractivity contribution >= 4 is 17.2 Å². The summed E-state index contributed by atoms with van der Waals surface area (Å²) in [7, 11) is 1.68. The van der Waals surface area contributed by atoms with Crippen LogP contribution in [-0.4, -0.2) is 41.1 Å². The van der Waals surface area contributed by atoms with Crippen molar-refractivity contribution in [2.24, 2.45) is 11.3 Å². The average Bonchev–Trinajstić information content (AvgIpc) is 3.10. The average molecular weight is 387 g/mol. The number of aldehydes is 1. The molecule has 2 aromatic heterocycles. The van der Waals surface area contributed by atoms with Crippen molar-refractivity contribution in [2.75, 3.05) is 13.7 Å². The number of nitrogens with zero attached hydrogens (tertiary/aromatic N) is 1. The fourth-order valence-corrected chi connectivity index (χ4v) is 4.18. The fraction of sp³-hybridized carbons (Fsp3) is 0.429. The Morgan fingerprint density at radius 2 is 2.11 bits per heavy atom. The molecule has 0 radical (unpaired) electrons. The molecule has 3 aromatic rings. The van der Waals surface area contributed by atoms with Gasteiger partial charge in [0.1, 0.15) is 12.0 Å². The number of H-pyrrole nitrogens is 2. The van der Waals surface area contributed by atoms with Gasteiger partial charge < -0.3 is 9.72 Å². The lowest BCUT2D eigenvalue weighted by Gasteiger charge is -2.15. The molecule has 2 N–H and O–H groups in total. The zero-order valence-electron chi connectivity index (χ0n) is 16.1. The monoisotopic (exact) mass is 387 g/mol. The van der Waals surface area contributed by atoms with Crippen LogP contribution >= 0.6 is 0 Å². The van der Waals surface area contributed by atoms with Gasteiger partial charge in [-0.25, -0.2) is 8.78 Å². The molecular weight excluding hydrogens is 364 g/mol. The van der Waals surface area contributed by atoms with Gasteiger partial charge in [-0.2, -0.15) is 5.10 Å². The molecule has 0 amide bonds. The number of hydrogen-bond acceptors (Lipinski definition) is 3. The van der Waals surface area contributed by atoms with Crippen LogP contribution in [0.25, 0.3) is 22.3 Å². The Morgan fingerprint density at radius 1 is 1.36 bits per heavy atom. The van der Waals surface area contributed by atoms with Crippen LogP contribution < -0.4 is 0 Å². The van der Waals surface area contributed by atoms with Crippen molar-refractivity contribution in [3.63, 3.8) is 0 Å².